The maximum atomic E-state index is 12.8. The van der Waals surface area contributed by atoms with Crippen molar-refractivity contribution in [3.63, 3.8) is 0 Å². The van der Waals surface area contributed by atoms with E-state index in [1.165, 1.54) is 10.7 Å². The number of hydrogen-bond donors (Lipinski definition) is 2. The standard InChI is InChI=1S/C17H18N6O2/c1-10-20-17-19-7-12(16(25)23(17)21-10)15(24)22-8-13(14(18)9-22)11-5-3-2-4-6-11/h2-7,13-14H,8-9,18H2,1H3,(H,19,20,21)/t13-,14+/m1/s1. The molecule has 1 aliphatic heterocycles. The van der Waals surface area contributed by atoms with Gasteiger partial charge < -0.3 is 10.6 Å². The Hall–Kier alpha value is -3.00. The Morgan fingerprint density at radius 3 is 2.80 bits per heavy atom. The molecule has 8 heteroatoms. The first kappa shape index (κ1) is 15.5. The number of aromatic nitrogens is 4. The minimum atomic E-state index is -0.452. The van der Waals surface area contributed by atoms with E-state index in [0.29, 0.717) is 18.9 Å². The van der Waals surface area contributed by atoms with Crippen LogP contribution in [-0.4, -0.2) is 49.5 Å². The molecule has 3 N–H and O–H groups in total. The molecule has 128 valence electrons. The summed E-state index contributed by atoms with van der Waals surface area (Å²) >= 11 is 0. The molecule has 1 fully saturated rings. The van der Waals surface area contributed by atoms with E-state index >= 15 is 0 Å². The second-order valence-corrected chi connectivity index (χ2v) is 6.31. The van der Waals surface area contributed by atoms with Gasteiger partial charge in [-0.05, 0) is 12.5 Å². The molecule has 0 aliphatic carbocycles. The quantitative estimate of drug-likeness (QED) is 0.698. The third-order valence-corrected chi connectivity index (χ3v) is 4.59. The Labute approximate surface area is 143 Å². The third-order valence-electron chi connectivity index (χ3n) is 4.59. The number of benzene rings is 1. The number of carbonyl (C=O) groups is 1. The predicted octanol–water partition coefficient (Wildman–Crippen LogP) is 0.293. The van der Waals surface area contributed by atoms with Crippen molar-refractivity contribution in [2.75, 3.05) is 13.1 Å². The molecular weight excluding hydrogens is 320 g/mol. The van der Waals surface area contributed by atoms with Gasteiger partial charge >= 0.3 is 0 Å². The second-order valence-electron chi connectivity index (χ2n) is 6.31. The highest BCUT2D eigenvalue weighted by molar-refractivity contribution is 5.94. The number of nitrogens with one attached hydrogen (secondary N) is 1. The summed E-state index contributed by atoms with van der Waals surface area (Å²) in [4.78, 5) is 35.2. The van der Waals surface area contributed by atoms with Crippen LogP contribution in [0.15, 0.2) is 41.3 Å². The summed E-state index contributed by atoms with van der Waals surface area (Å²) in [5.74, 6) is 0.507. The van der Waals surface area contributed by atoms with Gasteiger partial charge in [-0.25, -0.2) is 4.98 Å². The zero-order valence-electron chi connectivity index (χ0n) is 13.7. The lowest BCUT2D eigenvalue weighted by Gasteiger charge is -2.16. The Kier molecular flexibility index (Phi) is 3.61. The van der Waals surface area contributed by atoms with Crippen molar-refractivity contribution in [2.24, 2.45) is 5.73 Å². The first-order valence-electron chi connectivity index (χ1n) is 8.09. The molecule has 1 saturated heterocycles. The van der Waals surface area contributed by atoms with E-state index < -0.39 is 5.56 Å². The Morgan fingerprint density at radius 2 is 2.04 bits per heavy atom. The van der Waals surface area contributed by atoms with E-state index in [0.717, 1.165) is 5.56 Å². The van der Waals surface area contributed by atoms with Crippen molar-refractivity contribution >= 4 is 11.7 Å². The molecule has 4 rings (SSSR count). The minimum absolute atomic E-state index is 0.0158. The van der Waals surface area contributed by atoms with E-state index in [2.05, 4.69) is 15.1 Å². The van der Waals surface area contributed by atoms with Crippen LogP contribution >= 0.6 is 0 Å². The number of aromatic amines is 1. The number of carbonyl (C=O) groups excluding carboxylic acids is 1. The van der Waals surface area contributed by atoms with Gasteiger partial charge in [-0.2, -0.15) is 9.50 Å². The van der Waals surface area contributed by atoms with Crippen molar-refractivity contribution in [2.45, 2.75) is 18.9 Å². The van der Waals surface area contributed by atoms with Crippen molar-refractivity contribution in [3.05, 3.63) is 63.8 Å². The fourth-order valence-electron chi connectivity index (χ4n) is 3.33. The number of aryl methyl sites for hydroxylation is 1. The maximum Gasteiger partial charge on any atom is 0.286 e. The van der Waals surface area contributed by atoms with Crippen molar-refractivity contribution < 1.29 is 4.79 Å². The van der Waals surface area contributed by atoms with E-state index in [4.69, 9.17) is 5.73 Å². The van der Waals surface area contributed by atoms with Gasteiger partial charge in [0.1, 0.15) is 11.4 Å². The number of likely N-dealkylation sites (tertiary alicyclic amines) is 1. The lowest BCUT2D eigenvalue weighted by Crippen LogP contribution is -2.36. The first-order chi connectivity index (χ1) is 12.0. The average Bonchev–Trinajstić information content (AvgIpc) is 3.18. The number of nitrogens with zero attached hydrogens (tertiary/aromatic N) is 4. The lowest BCUT2D eigenvalue weighted by molar-refractivity contribution is 0.0786. The summed E-state index contributed by atoms with van der Waals surface area (Å²) < 4.78 is 1.19. The van der Waals surface area contributed by atoms with E-state index in [1.807, 2.05) is 30.3 Å². The van der Waals surface area contributed by atoms with Gasteiger partial charge in [0.05, 0.1) is 0 Å². The fraction of sp³-hybridized carbons (Fsp3) is 0.294. The molecule has 8 nitrogen and oxygen atoms in total. The van der Waals surface area contributed by atoms with Gasteiger partial charge in [0, 0.05) is 31.2 Å². The highest BCUT2D eigenvalue weighted by Gasteiger charge is 2.35. The number of amides is 1. The smallest absolute Gasteiger partial charge is 0.286 e. The van der Waals surface area contributed by atoms with Crippen LogP contribution in [0.5, 0.6) is 0 Å². The first-order valence-corrected chi connectivity index (χ1v) is 8.09. The largest absolute Gasteiger partial charge is 0.336 e. The number of nitrogens with two attached hydrogens (primary N) is 1. The molecule has 3 aromatic rings. The van der Waals surface area contributed by atoms with Crippen molar-refractivity contribution in [3.8, 4) is 0 Å². The van der Waals surface area contributed by atoms with Crippen molar-refractivity contribution in [1.82, 2.24) is 24.5 Å². The molecule has 0 saturated carbocycles. The van der Waals surface area contributed by atoms with Crippen LogP contribution in [0.1, 0.15) is 27.7 Å². The molecule has 1 aromatic carbocycles. The molecule has 1 amide bonds. The van der Waals surface area contributed by atoms with Crippen LogP contribution in [-0.2, 0) is 0 Å². The molecule has 0 bridgehead atoms. The Balaban J connectivity index is 1.64. The number of rotatable bonds is 2. The van der Waals surface area contributed by atoms with E-state index in [1.54, 1.807) is 11.8 Å². The van der Waals surface area contributed by atoms with Gasteiger partial charge in [-0.1, -0.05) is 30.3 Å². The molecule has 25 heavy (non-hydrogen) atoms. The van der Waals surface area contributed by atoms with Crippen LogP contribution in [0.3, 0.4) is 0 Å². The van der Waals surface area contributed by atoms with Crippen LogP contribution < -0.4 is 11.3 Å². The number of fused-ring (bicyclic) bond motifs is 1. The van der Waals surface area contributed by atoms with Gasteiger partial charge in [0.15, 0.2) is 0 Å². The number of hydrogen-bond acceptors (Lipinski definition) is 5. The Bertz CT molecular complexity index is 993. The molecule has 0 unspecified atom stereocenters. The molecule has 2 aromatic heterocycles. The SMILES string of the molecule is Cc1nc2ncc(C(=O)N3C[C@H](c4ccccc4)[C@@H](N)C3)c(=O)n2[nH]1. The summed E-state index contributed by atoms with van der Waals surface area (Å²) in [6.07, 6.45) is 1.29. The molecule has 3 heterocycles. The molecule has 1 aliphatic rings. The zero-order valence-corrected chi connectivity index (χ0v) is 13.7. The second kappa shape index (κ2) is 5.82. The highest BCUT2D eigenvalue weighted by Crippen LogP contribution is 2.27. The molecule has 2 atom stereocenters. The Morgan fingerprint density at radius 1 is 1.28 bits per heavy atom. The topological polar surface area (TPSA) is 109 Å². The van der Waals surface area contributed by atoms with Gasteiger partial charge in [-0.3, -0.25) is 14.7 Å². The predicted molar refractivity (Wildman–Crippen MR) is 91.4 cm³/mol. The van der Waals surface area contributed by atoms with Crippen LogP contribution in [0.4, 0.5) is 0 Å². The van der Waals surface area contributed by atoms with E-state index in [-0.39, 0.29) is 29.2 Å². The summed E-state index contributed by atoms with van der Waals surface area (Å²) in [5, 5.41) is 2.79. The summed E-state index contributed by atoms with van der Waals surface area (Å²) in [7, 11) is 0. The molecule has 0 spiro atoms. The maximum absolute atomic E-state index is 12.8. The van der Waals surface area contributed by atoms with Crippen LogP contribution in [0, 0.1) is 6.92 Å². The monoisotopic (exact) mass is 338 g/mol. The fourth-order valence-corrected chi connectivity index (χ4v) is 3.33. The lowest BCUT2D eigenvalue weighted by atomic mass is 9.95. The van der Waals surface area contributed by atoms with Gasteiger partial charge in [0.2, 0.25) is 0 Å². The average molecular weight is 338 g/mol. The summed E-state index contributed by atoms with van der Waals surface area (Å²) in [5.41, 5.74) is 6.90. The molecule has 0 radical (unpaired) electrons. The minimum Gasteiger partial charge on any atom is -0.336 e. The summed E-state index contributed by atoms with van der Waals surface area (Å²) in [6, 6.07) is 9.71. The zero-order chi connectivity index (χ0) is 17.6. The van der Waals surface area contributed by atoms with Crippen LogP contribution in [0.2, 0.25) is 0 Å². The van der Waals surface area contributed by atoms with Gasteiger partial charge in [0.25, 0.3) is 17.2 Å². The third kappa shape index (κ3) is 2.60. The van der Waals surface area contributed by atoms with Crippen molar-refractivity contribution in [1.29, 1.82) is 0 Å². The normalized spacial score (nSPS) is 20.3. The number of H-pyrrole nitrogens is 1. The van der Waals surface area contributed by atoms with Crippen LogP contribution in [0.25, 0.3) is 5.78 Å². The van der Waals surface area contributed by atoms with Gasteiger partial charge in [-0.15, -0.1) is 0 Å². The highest BCUT2D eigenvalue weighted by atomic mass is 16.2. The van der Waals surface area contributed by atoms with E-state index in [9.17, 15) is 9.59 Å². The summed E-state index contributed by atoms with van der Waals surface area (Å²) in [6.45, 7) is 2.61. The molecular formula is C17H18N6O2.